The normalized spacial score (nSPS) is 16.6. The van der Waals surface area contributed by atoms with Crippen LogP contribution in [0.5, 0.6) is 11.5 Å². The lowest BCUT2D eigenvalue weighted by molar-refractivity contribution is -0.132. The molecular formula is C31H34N2O5. The quantitative estimate of drug-likeness (QED) is 0.233. The van der Waals surface area contributed by atoms with E-state index >= 15 is 0 Å². The van der Waals surface area contributed by atoms with Gasteiger partial charge < -0.3 is 19.5 Å². The summed E-state index contributed by atoms with van der Waals surface area (Å²) >= 11 is 0. The van der Waals surface area contributed by atoms with Gasteiger partial charge >= 0.3 is 0 Å². The molecule has 7 heteroatoms. The summed E-state index contributed by atoms with van der Waals surface area (Å²) in [4.78, 5) is 30.8. The Bertz CT molecular complexity index is 1370. The van der Waals surface area contributed by atoms with Gasteiger partial charge in [0.15, 0.2) is 0 Å². The largest absolute Gasteiger partial charge is 0.507 e. The Labute approximate surface area is 223 Å². The summed E-state index contributed by atoms with van der Waals surface area (Å²) in [6, 6.07) is 17.7. The van der Waals surface area contributed by atoms with Crippen molar-refractivity contribution in [2.75, 3.05) is 37.1 Å². The fraction of sp³-hybridized carbons (Fsp3) is 0.290. The smallest absolute Gasteiger partial charge is 0.300 e. The minimum atomic E-state index is -0.825. The molecule has 4 rings (SSSR count). The predicted octanol–water partition coefficient (Wildman–Crippen LogP) is 5.79. The molecule has 1 N–H and O–H groups in total. The summed E-state index contributed by atoms with van der Waals surface area (Å²) < 4.78 is 10.8. The van der Waals surface area contributed by atoms with Gasteiger partial charge in [-0.25, -0.2) is 0 Å². The molecule has 0 saturated carbocycles. The summed E-state index contributed by atoms with van der Waals surface area (Å²) in [6.07, 6.45) is 0. The Morgan fingerprint density at radius 1 is 0.895 bits per heavy atom. The van der Waals surface area contributed by atoms with E-state index in [1.54, 1.807) is 18.2 Å². The third kappa shape index (κ3) is 4.84. The number of aliphatic hydroxyl groups is 1. The predicted molar refractivity (Wildman–Crippen MR) is 150 cm³/mol. The third-order valence-electron chi connectivity index (χ3n) is 6.93. The highest BCUT2D eigenvalue weighted by Crippen LogP contribution is 2.44. The van der Waals surface area contributed by atoms with E-state index in [9.17, 15) is 14.7 Å². The van der Waals surface area contributed by atoms with E-state index in [0.29, 0.717) is 28.3 Å². The van der Waals surface area contributed by atoms with Crippen LogP contribution in [0.4, 0.5) is 11.4 Å². The van der Waals surface area contributed by atoms with E-state index in [-0.39, 0.29) is 11.3 Å². The number of amides is 1. The van der Waals surface area contributed by atoms with Crippen LogP contribution in [0.15, 0.2) is 66.2 Å². The molecule has 1 fully saturated rings. The maximum atomic E-state index is 13.6. The first-order valence-corrected chi connectivity index (χ1v) is 12.7. The summed E-state index contributed by atoms with van der Waals surface area (Å²) in [5.41, 5.74) is 4.60. The van der Waals surface area contributed by atoms with Crippen LogP contribution in [0.3, 0.4) is 0 Å². The standard InChI is InChI=1S/C31H34N2O5/c1-7-32(8-2)22-11-9-21(10-12-22)28-27(29(34)25-14-13-24(37-5)18-26(25)38-6)30(35)31(36)33(28)23-16-19(3)15-20(4)17-23/h9-18,28,34H,7-8H2,1-6H3/b29-27-. The SMILES string of the molecule is CCN(CC)c1ccc(C2/C(=C(/O)c3ccc(OC)cc3OC)C(=O)C(=O)N2c2cc(C)cc(C)c2)cc1. The van der Waals surface area contributed by atoms with E-state index in [1.807, 2.05) is 56.3 Å². The van der Waals surface area contributed by atoms with Crippen molar-refractivity contribution in [2.24, 2.45) is 0 Å². The van der Waals surface area contributed by atoms with Crippen molar-refractivity contribution >= 4 is 28.8 Å². The van der Waals surface area contributed by atoms with Gasteiger partial charge in [-0.3, -0.25) is 14.5 Å². The zero-order valence-corrected chi connectivity index (χ0v) is 22.7. The lowest BCUT2D eigenvalue weighted by atomic mass is 9.94. The number of anilines is 2. The Hall–Kier alpha value is -4.26. The second-order valence-corrected chi connectivity index (χ2v) is 9.35. The van der Waals surface area contributed by atoms with Gasteiger partial charge in [0.1, 0.15) is 17.3 Å². The minimum Gasteiger partial charge on any atom is -0.507 e. The molecule has 1 aliphatic heterocycles. The molecule has 1 atom stereocenters. The minimum absolute atomic E-state index is 0.00761. The van der Waals surface area contributed by atoms with Crippen LogP contribution >= 0.6 is 0 Å². The van der Waals surface area contributed by atoms with Crippen molar-refractivity contribution in [3.8, 4) is 11.5 Å². The number of aryl methyl sites for hydroxylation is 2. The first-order valence-electron chi connectivity index (χ1n) is 12.7. The van der Waals surface area contributed by atoms with Crippen molar-refractivity contribution < 1.29 is 24.2 Å². The van der Waals surface area contributed by atoms with E-state index in [2.05, 4.69) is 18.7 Å². The number of hydrogen-bond acceptors (Lipinski definition) is 6. The molecular weight excluding hydrogens is 480 g/mol. The summed E-state index contributed by atoms with van der Waals surface area (Å²) in [5, 5.41) is 11.6. The van der Waals surface area contributed by atoms with Crippen LogP contribution in [0.1, 0.15) is 42.1 Å². The maximum Gasteiger partial charge on any atom is 0.300 e. The highest BCUT2D eigenvalue weighted by molar-refractivity contribution is 6.51. The van der Waals surface area contributed by atoms with Crippen LogP contribution in [-0.4, -0.2) is 44.1 Å². The zero-order chi connectivity index (χ0) is 27.6. The van der Waals surface area contributed by atoms with Crippen LogP contribution < -0.4 is 19.3 Å². The number of Topliss-reactive ketones (excluding diaryl/α,β-unsaturated/α-hetero) is 1. The lowest BCUT2D eigenvalue weighted by Crippen LogP contribution is -2.29. The molecule has 1 aliphatic rings. The molecule has 3 aromatic carbocycles. The van der Waals surface area contributed by atoms with Gasteiger partial charge in [-0.15, -0.1) is 0 Å². The molecule has 1 heterocycles. The molecule has 0 bridgehead atoms. The molecule has 38 heavy (non-hydrogen) atoms. The van der Waals surface area contributed by atoms with Gasteiger partial charge in [-0.1, -0.05) is 18.2 Å². The number of aliphatic hydroxyl groups excluding tert-OH is 1. The average molecular weight is 515 g/mol. The van der Waals surface area contributed by atoms with E-state index in [4.69, 9.17) is 9.47 Å². The third-order valence-corrected chi connectivity index (χ3v) is 6.93. The van der Waals surface area contributed by atoms with Gasteiger partial charge in [0.2, 0.25) is 0 Å². The molecule has 0 spiro atoms. The number of rotatable bonds is 8. The fourth-order valence-corrected chi connectivity index (χ4v) is 5.10. The van der Waals surface area contributed by atoms with Crippen LogP contribution in [0, 0.1) is 13.8 Å². The van der Waals surface area contributed by atoms with Crippen LogP contribution in [0.2, 0.25) is 0 Å². The van der Waals surface area contributed by atoms with Gasteiger partial charge in [0, 0.05) is 30.5 Å². The van der Waals surface area contributed by atoms with Crippen LogP contribution in [0.25, 0.3) is 5.76 Å². The zero-order valence-electron chi connectivity index (χ0n) is 22.7. The number of benzene rings is 3. The molecule has 0 aromatic heterocycles. The maximum absolute atomic E-state index is 13.6. The Kier molecular flexibility index (Phi) is 7.76. The molecule has 3 aromatic rings. The monoisotopic (exact) mass is 514 g/mol. The number of carbonyl (C=O) groups is 2. The second-order valence-electron chi connectivity index (χ2n) is 9.35. The lowest BCUT2D eigenvalue weighted by Gasteiger charge is -2.27. The van der Waals surface area contributed by atoms with Crippen molar-refractivity contribution in [1.82, 2.24) is 0 Å². The van der Waals surface area contributed by atoms with Crippen molar-refractivity contribution in [1.29, 1.82) is 0 Å². The first kappa shape index (κ1) is 26.8. The molecule has 198 valence electrons. The molecule has 1 unspecified atom stereocenters. The van der Waals surface area contributed by atoms with Gasteiger partial charge in [-0.05, 0) is 80.8 Å². The Balaban J connectivity index is 1.95. The number of hydrogen-bond donors (Lipinski definition) is 1. The molecule has 0 aliphatic carbocycles. The van der Waals surface area contributed by atoms with E-state index < -0.39 is 17.7 Å². The van der Waals surface area contributed by atoms with Gasteiger partial charge in [-0.2, -0.15) is 0 Å². The van der Waals surface area contributed by atoms with Crippen molar-refractivity contribution in [2.45, 2.75) is 33.7 Å². The number of ether oxygens (including phenoxy) is 2. The topological polar surface area (TPSA) is 79.3 Å². The summed E-state index contributed by atoms with van der Waals surface area (Å²) in [6.45, 7) is 9.79. The Morgan fingerprint density at radius 3 is 2.08 bits per heavy atom. The van der Waals surface area contributed by atoms with Crippen molar-refractivity contribution in [3.05, 3.63) is 88.5 Å². The van der Waals surface area contributed by atoms with E-state index in [0.717, 1.165) is 29.9 Å². The molecule has 0 radical (unpaired) electrons. The number of nitrogens with zero attached hydrogens (tertiary/aromatic N) is 2. The highest BCUT2D eigenvalue weighted by Gasteiger charge is 2.47. The fourth-order valence-electron chi connectivity index (χ4n) is 5.10. The van der Waals surface area contributed by atoms with Gasteiger partial charge in [0.25, 0.3) is 11.7 Å². The first-order chi connectivity index (χ1) is 18.2. The Morgan fingerprint density at radius 2 is 1.53 bits per heavy atom. The molecule has 1 amide bonds. The molecule has 1 saturated heterocycles. The highest BCUT2D eigenvalue weighted by atomic mass is 16.5. The average Bonchev–Trinajstić information content (AvgIpc) is 3.18. The second kappa shape index (κ2) is 11.0. The van der Waals surface area contributed by atoms with E-state index in [1.165, 1.54) is 19.1 Å². The van der Waals surface area contributed by atoms with Crippen molar-refractivity contribution in [3.63, 3.8) is 0 Å². The number of carbonyl (C=O) groups excluding carboxylic acids is 2. The van der Waals surface area contributed by atoms with Crippen LogP contribution in [-0.2, 0) is 9.59 Å². The van der Waals surface area contributed by atoms with Gasteiger partial charge in [0.05, 0.1) is 31.4 Å². The number of methoxy groups -OCH3 is 2. The number of ketones is 1. The molecule has 7 nitrogen and oxygen atoms in total. The summed E-state index contributed by atoms with van der Waals surface area (Å²) in [7, 11) is 3.01. The summed E-state index contributed by atoms with van der Waals surface area (Å²) in [5.74, 6) is -0.876.